The standard InChI is InChI=1S/C10H10FN3S/c1-7-5-13-9(15-7)6-14-10-8(11)3-2-4-12-10/h2-5H,6H2,1H3,(H,12,14). The Morgan fingerprint density at radius 2 is 2.33 bits per heavy atom. The van der Waals surface area contributed by atoms with Crippen LogP contribution >= 0.6 is 11.3 Å². The molecule has 2 aromatic rings. The summed E-state index contributed by atoms with van der Waals surface area (Å²) in [6.07, 6.45) is 3.36. The van der Waals surface area contributed by atoms with Crippen LogP contribution in [0.25, 0.3) is 0 Å². The van der Waals surface area contributed by atoms with Crippen LogP contribution in [0, 0.1) is 12.7 Å². The molecule has 0 amide bonds. The van der Waals surface area contributed by atoms with Gasteiger partial charge >= 0.3 is 0 Å². The van der Waals surface area contributed by atoms with Gasteiger partial charge in [-0.05, 0) is 19.1 Å². The molecule has 0 aromatic carbocycles. The van der Waals surface area contributed by atoms with Gasteiger partial charge in [-0.1, -0.05) is 0 Å². The lowest BCUT2D eigenvalue weighted by molar-refractivity contribution is 0.624. The number of anilines is 1. The van der Waals surface area contributed by atoms with E-state index < -0.39 is 0 Å². The van der Waals surface area contributed by atoms with Gasteiger partial charge < -0.3 is 5.32 Å². The Labute approximate surface area is 91.0 Å². The summed E-state index contributed by atoms with van der Waals surface area (Å²) in [4.78, 5) is 9.20. The highest BCUT2D eigenvalue weighted by Crippen LogP contribution is 2.14. The SMILES string of the molecule is Cc1cnc(CNc2ncccc2F)s1. The van der Waals surface area contributed by atoms with Crippen LogP contribution in [0.4, 0.5) is 10.2 Å². The van der Waals surface area contributed by atoms with Gasteiger partial charge in [0.15, 0.2) is 11.6 Å². The van der Waals surface area contributed by atoms with Crippen LogP contribution in [-0.2, 0) is 6.54 Å². The predicted octanol–water partition coefficient (Wildman–Crippen LogP) is 2.60. The van der Waals surface area contributed by atoms with Crippen molar-refractivity contribution in [3.8, 4) is 0 Å². The second-order valence-electron chi connectivity index (χ2n) is 3.05. The van der Waals surface area contributed by atoms with Gasteiger partial charge in [0, 0.05) is 17.3 Å². The summed E-state index contributed by atoms with van der Waals surface area (Å²) in [5.74, 6) is -0.0730. The van der Waals surface area contributed by atoms with Gasteiger partial charge in [0.25, 0.3) is 0 Å². The van der Waals surface area contributed by atoms with Gasteiger partial charge in [0.05, 0.1) is 6.54 Å². The largest absolute Gasteiger partial charge is 0.361 e. The third-order valence-electron chi connectivity index (χ3n) is 1.83. The van der Waals surface area contributed by atoms with Crippen molar-refractivity contribution in [1.82, 2.24) is 9.97 Å². The second-order valence-corrected chi connectivity index (χ2v) is 4.37. The maximum Gasteiger partial charge on any atom is 0.165 e. The van der Waals surface area contributed by atoms with E-state index in [1.165, 1.54) is 6.07 Å². The summed E-state index contributed by atoms with van der Waals surface area (Å²) in [6.45, 7) is 2.49. The Hall–Kier alpha value is -1.49. The highest BCUT2D eigenvalue weighted by Gasteiger charge is 2.03. The number of hydrogen-bond donors (Lipinski definition) is 1. The fourth-order valence-corrected chi connectivity index (χ4v) is 1.89. The highest BCUT2D eigenvalue weighted by molar-refractivity contribution is 7.11. The summed E-state index contributed by atoms with van der Waals surface area (Å²) in [5.41, 5.74) is 0. The van der Waals surface area contributed by atoms with Crippen molar-refractivity contribution in [2.75, 3.05) is 5.32 Å². The summed E-state index contributed by atoms with van der Waals surface area (Å²) in [5, 5.41) is 3.83. The molecule has 0 radical (unpaired) electrons. The van der Waals surface area contributed by atoms with E-state index in [0.717, 1.165) is 9.88 Å². The minimum Gasteiger partial charge on any atom is -0.361 e. The van der Waals surface area contributed by atoms with Crippen LogP contribution in [0.5, 0.6) is 0 Å². The maximum atomic E-state index is 13.2. The average molecular weight is 223 g/mol. The zero-order valence-electron chi connectivity index (χ0n) is 8.20. The van der Waals surface area contributed by atoms with Crippen molar-refractivity contribution in [1.29, 1.82) is 0 Å². The molecule has 0 aliphatic rings. The molecule has 0 fully saturated rings. The molecule has 2 aromatic heterocycles. The number of halogens is 1. The van der Waals surface area contributed by atoms with E-state index in [2.05, 4.69) is 15.3 Å². The monoisotopic (exact) mass is 223 g/mol. The van der Waals surface area contributed by atoms with Gasteiger partial charge in [0.1, 0.15) is 5.01 Å². The Bertz CT molecular complexity index is 455. The number of aryl methyl sites for hydroxylation is 1. The zero-order valence-corrected chi connectivity index (χ0v) is 9.01. The smallest absolute Gasteiger partial charge is 0.165 e. The van der Waals surface area contributed by atoms with Crippen molar-refractivity contribution < 1.29 is 4.39 Å². The van der Waals surface area contributed by atoms with Crippen LogP contribution < -0.4 is 5.32 Å². The number of nitrogens with zero attached hydrogens (tertiary/aromatic N) is 2. The van der Waals surface area contributed by atoms with E-state index in [9.17, 15) is 4.39 Å². The Kier molecular flexibility index (Phi) is 2.91. The van der Waals surface area contributed by atoms with Crippen LogP contribution in [-0.4, -0.2) is 9.97 Å². The molecule has 0 spiro atoms. The fourth-order valence-electron chi connectivity index (χ4n) is 1.16. The molecule has 0 aliphatic heterocycles. The molecule has 0 saturated heterocycles. The molecule has 0 unspecified atom stereocenters. The lowest BCUT2D eigenvalue weighted by Crippen LogP contribution is -2.02. The van der Waals surface area contributed by atoms with Crippen molar-refractivity contribution in [3.63, 3.8) is 0 Å². The molecule has 2 rings (SSSR count). The van der Waals surface area contributed by atoms with E-state index in [1.807, 2.05) is 6.92 Å². The summed E-state index contributed by atoms with van der Waals surface area (Å²) in [7, 11) is 0. The van der Waals surface area contributed by atoms with Crippen molar-refractivity contribution in [3.05, 3.63) is 40.2 Å². The number of thiazole rings is 1. The van der Waals surface area contributed by atoms with E-state index in [0.29, 0.717) is 6.54 Å². The number of hydrogen-bond acceptors (Lipinski definition) is 4. The molecule has 1 N–H and O–H groups in total. The minimum atomic E-state index is -0.342. The first kappa shape index (κ1) is 10.0. The molecule has 0 aliphatic carbocycles. The van der Waals surface area contributed by atoms with Crippen LogP contribution in [0.15, 0.2) is 24.5 Å². The fraction of sp³-hybridized carbons (Fsp3) is 0.200. The predicted molar refractivity (Wildman–Crippen MR) is 58.4 cm³/mol. The summed E-state index contributed by atoms with van der Waals surface area (Å²) >= 11 is 1.59. The molecule has 0 saturated carbocycles. The molecule has 15 heavy (non-hydrogen) atoms. The van der Waals surface area contributed by atoms with E-state index in [1.54, 1.807) is 29.8 Å². The van der Waals surface area contributed by atoms with Crippen LogP contribution in [0.3, 0.4) is 0 Å². The first-order chi connectivity index (χ1) is 7.25. The molecule has 78 valence electrons. The zero-order chi connectivity index (χ0) is 10.7. The summed E-state index contributed by atoms with van der Waals surface area (Å²) in [6, 6.07) is 2.94. The third-order valence-corrected chi connectivity index (χ3v) is 2.75. The summed E-state index contributed by atoms with van der Waals surface area (Å²) < 4.78 is 13.2. The Morgan fingerprint density at radius 3 is 3.00 bits per heavy atom. The van der Waals surface area contributed by atoms with Gasteiger partial charge in [0.2, 0.25) is 0 Å². The van der Waals surface area contributed by atoms with Crippen LogP contribution in [0.1, 0.15) is 9.88 Å². The minimum absolute atomic E-state index is 0.269. The van der Waals surface area contributed by atoms with Crippen molar-refractivity contribution in [2.45, 2.75) is 13.5 Å². The molecule has 2 heterocycles. The van der Waals surface area contributed by atoms with Crippen molar-refractivity contribution >= 4 is 17.2 Å². The second kappa shape index (κ2) is 4.35. The van der Waals surface area contributed by atoms with Gasteiger partial charge in [-0.3, -0.25) is 0 Å². The number of nitrogens with one attached hydrogen (secondary N) is 1. The molecule has 0 atom stereocenters. The number of rotatable bonds is 3. The van der Waals surface area contributed by atoms with Gasteiger partial charge in [-0.25, -0.2) is 14.4 Å². The normalized spacial score (nSPS) is 10.3. The lowest BCUT2D eigenvalue weighted by atomic mass is 10.4. The number of pyridine rings is 1. The van der Waals surface area contributed by atoms with Crippen molar-refractivity contribution in [2.24, 2.45) is 0 Å². The molecule has 3 nitrogen and oxygen atoms in total. The average Bonchev–Trinajstić information content (AvgIpc) is 2.63. The topological polar surface area (TPSA) is 37.8 Å². The Morgan fingerprint density at radius 1 is 1.47 bits per heavy atom. The first-order valence-electron chi connectivity index (χ1n) is 4.51. The lowest BCUT2D eigenvalue weighted by Gasteiger charge is -2.03. The number of aromatic nitrogens is 2. The highest BCUT2D eigenvalue weighted by atomic mass is 32.1. The maximum absolute atomic E-state index is 13.2. The van der Waals surface area contributed by atoms with Crippen LogP contribution in [0.2, 0.25) is 0 Å². The third kappa shape index (κ3) is 2.50. The molecular formula is C10H10FN3S. The quantitative estimate of drug-likeness (QED) is 0.869. The molecule has 0 bridgehead atoms. The van der Waals surface area contributed by atoms with Gasteiger partial charge in [-0.2, -0.15) is 0 Å². The van der Waals surface area contributed by atoms with E-state index >= 15 is 0 Å². The molecule has 5 heteroatoms. The molecular weight excluding hydrogens is 213 g/mol. The van der Waals surface area contributed by atoms with E-state index in [4.69, 9.17) is 0 Å². The first-order valence-corrected chi connectivity index (χ1v) is 5.33. The van der Waals surface area contributed by atoms with E-state index in [-0.39, 0.29) is 11.6 Å². The van der Waals surface area contributed by atoms with Gasteiger partial charge in [-0.15, -0.1) is 11.3 Å². The Balaban J connectivity index is 2.02.